The summed E-state index contributed by atoms with van der Waals surface area (Å²) in [5.74, 6) is -0.0792. The van der Waals surface area contributed by atoms with Crippen LogP contribution < -0.4 is 0 Å². The minimum absolute atomic E-state index is 0.0792. The van der Waals surface area contributed by atoms with Gasteiger partial charge in [-0.2, -0.15) is 5.26 Å². The van der Waals surface area contributed by atoms with Gasteiger partial charge < -0.3 is 4.90 Å². The van der Waals surface area contributed by atoms with Gasteiger partial charge in [-0.05, 0) is 31.2 Å². The molecule has 1 aromatic carbocycles. The van der Waals surface area contributed by atoms with Crippen molar-refractivity contribution in [3.63, 3.8) is 0 Å². The maximum atomic E-state index is 11.6. The van der Waals surface area contributed by atoms with E-state index in [1.54, 1.807) is 31.3 Å². The van der Waals surface area contributed by atoms with Crippen molar-refractivity contribution in [3.05, 3.63) is 42.3 Å². The molecule has 0 aliphatic rings. The van der Waals surface area contributed by atoms with Crippen molar-refractivity contribution >= 4 is 5.91 Å². The monoisotopic (exact) mass is 187 g/mol. The molecule has 1 rings (SSSR count). The molecule has 0 atom stereocenters. The fraction of sp³-hybridized carbons (Fsp3) is 0.182. The van der Waals surface area contributed by atoms with Crippen LogP contribution in [0.1, 0.15) is 15.9 Å². The molecule has 0 heterocycles. The summed E-state index contributed by atoms with van der Waals surface area (Å²) in [5.41, 5.74) is 1.13. The van der Waals surface area contributed by atoms with E-state index in [2.05, 4.69) is 6.92 Å². The summed E-state index contributed by atoms with van der Waals surface area (Å²) in [6.07, 6.45) is 0. The van der Waals surface area contributed by atoms with Gasteiger partial charge in [-0.15, -0.1) is 0 Å². The average Bonchev–Trinajstić information content (AvgIpc) is 2.27. The van der Waals surface area contributed by atoms with E-state index in [0.717, 1.165) is 0 Å². The molecule has 0 spiro atoms. The highest BCUT2D eigenvalue weighted by molar-refractivity contribution is 5.94. The standard InChI is InChI=1S/C11H11N2O/c1-3-13(2)11(14)10-6-4-9(8-12)5-7-10/h4-7H,1,3H2,2H3. The Hall–Kier alpha value is -1.82. The summed E-state index contributed by atoms with van der Waals surface area (Å²) < 4.78 is 0. The third-order valence-electron chi connectivity index (χ3n) is 1.94. The molecule has 1 amide bonds. The molecule has 3 nitrogen and oxygen atoms in total. The molecular formula is C11H11N2O. The SMILES string of the molecule is [CH2]CN(C)C(=O)c1ccc(C#N)cc1. The molecule has 0 N–H and O–H groups in total. The fourth-order valence-electron chi connectivity index (χ4n) is 1.01. The normalized spacial score (nSPS) is 9.21. The van der Waals surface area contributed by atoms with Crippen molar-refractivity contribution in [2.75, 3.05) is 13.6 Å². The second kappa shape index (κ2) is 4.43. The molecule has 1 aromatic rings. The molecule has 0 bridgehead atoms. The predicted octanol–water partition coefficient (Wildman–Crippen LogP) is 1.46. The Balaban J connectivity index is 2.88. The van der Waals surface area contributed by atoms with Crippen LogP contribution in [0.15, 0.2) is 24.3 Å². The molecule has 0 aliphatic heterocycles. The first kappa shape index (κ1) is 10.3. The molecule has 0 saturated carbocycles. The lowest BCUT2D eigenvalue weighted by Gasteiger charge is -2.13. The summed E-state index contributed by atoms with van der Waals surface area (Å²) in [7, 11) is 1.69. The third-order valence-corrected chi connectivity index (χ3v) is 1.94. The van der Waals surface area contributed by atoms with E-state index in [1.807, 2.05) is 6.07 Å². The van der Waals surface area contributed by atoms with Gasteiger partial charge in [0.25, 0.3) is 5.91 Å². The van der Waals surface area contributed by atoms with E-state index < -0.39 is 0 Å². The Morgan fingerprint density at radius 3 is 2.50 bits per heavy atom. The van der Waals surface area contributed by atoms with Gasteiger partial charge in [0.1, 0.15) is 0 Å². The van der Waals surface area contributed by atoms with Crippen LogP contribution in [0.4, 0.5) is 0 Å². The zero-order valence-electron chi connectivity index (χ0n) is 8.03. The molecule has 0 aliphatic carbocycles. The van der Waals surface area contributed by atoms with Crippen LogP contribution in [0.2, 0.25) is 0 Å². The molecule has 0 saturated heterocycles. The van der Waals surface area contributed by atoms with Crippen molar-refractivity contribution in [2.45, 2.75) is 0 Å². The van der Waals surface area contributed by atoms with Crippen LogP contribution in [0.3, 0.4) is 0 Å². The van der Waals surface area contributed by atoms with Crippen molar-refractivity contribution in [1.29, 1.82) is 5.26 Å². The second-order valence-corrected chi connectivity index (χ2v) is 2.92. The number of nitriles is 1. The van der Waals surface area contributed by atoms with Gasteiger partial charge in [-0.3, -0.25) is 4.79 Å². The lowest BCUT2D eigenvalue weighted by Crippen LogP contribution is -2.26. The van der Waals surface area contributed by atoms with Crippen molar-refractivity contribution in [3.8, 4) is 6.07 Å². The smallest absolute Gasteiger partial charge is 0.253 e. The van der Waals surface area contributed by atoms with E-state index in [-0.39, 0.29) is 5.91 Å². The zero-order valence-corrected chi connectivity index (χ0v) is 8.03. The Kier molecular flexibility index (Phi) is 3.24. The summed E-state index contributed by atoms with van der Waals surface area (Å²) >= 11 is 0. The molecule has 1 radical (unpaired) electrons. The number of amides is 1. The van der Waals surface area contributed by atoms with Crippen LogP contribution in [-0.2, 0) is 0 Å². The van der Waals surface area contributed by atoms with Crippen molar-refractivity contribution in [2.24, 2.45) is 0 Å². The van der Waals surface area contributed by atoms with Gasteiger partial charge in [-0.25, -0.2) is 0 Å². The van der Waals surface area contributed by atoms with Gasteiger partial charge in [-0.1, -0.05) is 0 Å². The van der Waals surface area contributed by atoms with Gasteiger partial charge in [0, 0.05) is 19.2 Å². The van der Waals surface area contributed by atoms with E-state index >= 15 is 0 Å². The molecular weight excluding hydrogens is 176 g/mol. The molecule has 0 unspecified atom stereocenters. The van der Waals surface area contributed by atoms with Crippen LogP contribution in [0, 0.1) is 18.3 Å². The minimum atomic E-state index is -0.0792. The highest BCUT2D eigenvalue weighted by atomic mass is 16.2. The average molecular weight is 187 g/mol. The van der Waals surface area contributed by atoms with Gasteiger partial charge in [0.2, 0.25) is 0 Å². The Bertz CT molecular complexity index is 362. The quantitative estimate of drug-likeness (QED) is 0.703. The molecule has 3 heteroatoms. The maximum absolute atomic E-state index is 11.6. The minimum Gasteiger partial charge on any atom is -0.342 e. The van der Waals surface area contributed by atoms with Crippen LogP contribution >= 0.6 is 0 Å². The summed E-state index contributed by atoms with van der Waals surface area (Å²) in [4.78, 5) is 13.1. The highest BCUT2D eigenvalue weighted by Crippen LogP contribution is 2.05. The lowest BCUT2D eigenvalue weighted by molar-refractivity contribution is 0.0809. The number of rotatable bonds is 2. The first-order valence-electron chi connectivity index (χ1n) is 4.24. The largest absolute Gasteiger partial charge is 0.342 e. The lowest BCUT2D eigenvalue weighted by atomic mass is 10.1. The second-order valence-electron chi connectivity index (χ2n) is 2.92. The predicted molar refractivity (Wildman–Crippen MR) is 53.5 cm³/mol. The molecule has 0 fully saturated rings. The van der Waals surface area contributed by atoms with E-state index in [0.29, 0.717) is 17.7 Å². The molecule has 0 aromatic heterocycles. The highest BCUT2D eigenvalue weighted by Gasteiger charge is 2.08. The van der Waals surface area contributed by atoms with E-state index in [9.17, 15) is 4.79 Å². The summed E-state index contributed by atoms with van der Waals surface area (Å²) in [6, 6.07) is 8.55. The first-order valence-corrected chi connectivity index (χ1v) is 4.24. The topological polar surface area (TPSA) is 44.1 Å². The number of hydrogen-bond acceptors (Lipinski definition) is 2. The Morgan fingerprint density at radius 1 is 1.50 bits per heavy atom. The van der Waals surface area contributed by atoms with Crippen LogP contribution in [-0.4, -0.2) is 24.4 Å². The van der Waals surface area contributed by atoms with Gasteiger partial charge in [0.05, 0.1) is 11.6 Å². The summed E-state index contributed by atoms with van der Waals surface area (Å²) in [6.45, 7) is 4.05. The Morgan fingerprint density at radius 2 is 2.07 bits per heavy atom. The van der Waals surface area contributed by atoms with Crippen LogP contribution in [0.5, 0.6) is 0 Å². The first-order chi connectivity index (χ1) is 6.69. The molecule has 71 valence electrons. The summed E-state index contributed by atoms with van der Waals surface area (Å²) in [5, 5.41) is 8.57. The van der Waals surface area contributed by atoms with Gasteiger partial charge >= 0.3 is 0 Å². The van der Waals surface area contributed by atoms with Gasteiger partial charge in [0.15, 0.2) is 0 Å². The van der Waals surface area contributed by atoms with Crippen molar-refractivity contribution in [1.82, 2.24) is 4.90 Å². The third kappa shape index (κ3) is 2.11. The number of hydrogen-bond donors (Lipinski definition) is 0. The van der Waals surface area contributed by atoms with Crippen LogP contribution in [0.25, 0.3) is 0 Å². The van der Waals surface area contributed by atoms with E-state index in [1.165, 1.54) is 4.90 Å². The van der Waals surface area contributed by atoms with E-state index in [4.69, 9.17) is 5.26 Å². The number of carbonyl (C=O) groups is 1. The maximum Gasteiger partial charge on any atom is 0.253 e. The number of carbonyl (C=O) groups excluding carboxylic acids is 1. The Labute approximate surface area is 83.6 Å². The molecule has 14 heavy (non-hydrogen) atoms. The zero-order chi connectivity index (χ0) is 10.6. The number of nitrogens with zero attached hydrogens (tertiary/aromatic N) is 2. The fourth-order valence-corrected chi connectivity index (χ4v) is 1.01. The number of benzene rings is 1. The van der Waals surface area contributed by atoms with Crippen molar-refractivity contribution < 1.29 is 4.79 Å².